The third-order valence-corrected chi connectivity index (χ3v) is 5.60. The third-order valence-electron chi connectivity index (χ3n) is 3.14. The summed E-state index contributed by atoms with van der Waals surface area (Å²) in [4.78, 5) is 8.49. The van der Waals surface area contributed by atoms with E-state index in [1.165, 1.54) is 16.3 Å². The lowest BCUT2D eigenvalue weighted by atomic mass is 10.1. The van der Waals surface area contributed by atoms with E-state index < -0.39 is 0 Å². The van der Waals surface area contributed by atoms with Crippen molar-refractivity contribution < 1.29 is 0 Å². The van der Waals surface area contributed by atoms with E-state index in [1.54, 1.807) is 11.3 Å². The molecule has 18 heavy (non-hydrogen) atoms. The van der Waals surface area contributed by atoms with Crippen molar-refractivity contribution in [1.82, 2.24) is 4.98 Å². The zero-order valence-electron chi connectivity index (χ0n) is 11.7. The topological polar surface area (TPSA) is 42.2 Å². The van der Waals surface area contributed by atoms with Crippen LogP contribution >= 0.6 is 23.1 Å². The molecule has 0 aliphatic carbocycles. The van der Waals surface area contributed by atoms with Gasteiger partial charge in [0.2, 0.25) is 0 Å². The van der Waals surface area contributed by atoms with E-state index >= 15 is 0 Å². The lowest BCUT2D eigenvalue weighted by Gasteiger charge is -2.37. The summed E-state index contributed by atoms with van der Waals surface area (Å²) >= 11 is 3.83. The summed E-state index contributed by atoms with van der Waals surface area (Å²) in [5, 5.41) is 1.16. The Hall–Kier alpha value is -0.260. The molecule has 1 aliphatic heterocycles. The van der Waals surface area contributed by atoms with Gasteiger partial charge in [-0.1, -0.05) is 13.8 Å². The molecular weight excluding hydrogens is 262 g/mol. The molecule has 1 aliphatic rings. The van der Waals surface area contributed by atoms with Gasteiger partial charge < -0.3 is 10.6 Å². The summed E-state index contributed by atoms with van der Waals surface area (Å²) in [5.74, 6) is 1.64. The molecule has 1 fully saturated rings. The standard InChI is InChI=1S/C13H23N3S2/c1-9(2)11-10(7-14)18-12(15-11)16-5-6-17-13(3,4)8-16/h9H,5-8,14H2,1-4H3. The summed E-state index contributed by atoms with van der Waals surface area (Å²) in [6.45, 7) is 11.8. The SMILES string of the molecule is CC(C)c1nc(N2CCSC(C)(C)C2)sc1CN. The number of aromatic nitrogens is 1. The van der Waals surface area contributed by atoms with Crippen molar-refractivity contribution in [3.05, 3.63) is 10.6 Å². The molecule has 1 aromatic heterocycles. The fourth-order valence-electron chi connectivity index (χ4n) is 2.26. The Bertz CT molecular complexity index is 412. The number of rotatable bonds is 3. The van der Waals surface area contributed by atoms with E-state index in [9.17, 15) is 0 Å². The first-order valence-corrected chi connectivity index (χ1v) is 8.32. The van der Waals surface area contributed by atoms with Gasteiger partial charge in [0.25, 0.3) is 0 Å². The molecule has 102 valence electrons. The fraction of sp³-hybridized carbons (Fsp3) is 0.769. The molecular formula is C13H23N3S2. The van der Waals surface area contributed by atoms with E-state index in [2.05, 4.69) is 44.4 Å². The van der Waals surface area contributed by atoms with Gasteiger partial charge in [-0.3, -0.25) is 0 Å². The van der Waals surface area contributed by atoms with E-state index in [0.29, 0.717) is 17.2 Å². The molecule has 1 saturated heterocycles. The second-order valence-electron chi connectivity index (χ2n) is 5.69. The van der Waals surface area contributed by atoms with Crippen LogP contribution in [0.2, 0.25) is 0 Å². The van der Waals surface area contributed by atoms with Crippen molar-refractivity contribution >= 4 is 28.2 Å². The van der Waals surface area contributed by atoms with Crippen LogP contribution in [0, 0.1) is 0 Å². The van der Waals surface area contributed by atoms with E-state index in [1.807, 2.05) is 0 Å². The van der Waals surface area contributed by atoms with Gasteiger partial charge in [0.05, 0.1) is 5.69 Å². The lowest BCUT2D eigenvalue weighted by molar-refractivity contribution is 0.645. The molecule has 0 bridgehead atoms. The molecule has 5 heteroatoms. The third kappa shape index (κ3) is 3.00. The zero-order valence-corrected chi connectivity index (χ0v) is 13.3. The quantitative estimate of drug-likeness (QED) is 0.927. The lowest BCUT2D eigenvalue weighted by Crippen LogP contribution is -2.43. The average molecular weight is 285 g/mol. The molecule has 2 rings (SSSR count). The summed E-state index contributed by atoms with van der Waals surface area (Å²) < 4.78 is 0.324. The molecule has 0 spiro atoms. The Labute approximate surface area is 118 Å². The number of anilines is 1. The molecule has 3 nitrogen and oxygen atoms in total. The second kappa shape index (κ2) is 5.39. The summed E-state index contributed by atoms with van der Waals surface area (Å²) in [6.07, 6.45) is 0. The minimum Gasteiger partial charge on any atom is -0.346 e. The van der Waals surface area contributed by atoms with Crippen LogP contribution in [-0.2, 0) is 6.54 Å². The van der Waals surface area contributed by atoms with Gasteiger partial charge in [-0.2, -0.15) is 11.8 Å². The fourth-order valence-corrected chi connectivity index (χ4v) is 4.49. The highest BCUT2D eigenvalue weighted by molar-refractivity contribution is 8.00. The Morgan fingerprint density at radius 3 is 2.67 bits per heavy atom. The molecule has 0 aromatic carbocycles. The van der Waals surface area contributed by atoms with Crippen molar-refractivity contribution in [2.75, 3.05) is 23.7 Å². The highest BCUT2D eigenvalue weighted by atomic mass is 32.2. The van der Waals surface area contributed by atoms with Gasteiger partial charge >= 0.3 is 0 Å². The second-order valence-corrected chi connectivity index (χ2v) is 8.56. The number of hydrogen-bond acceptors (Lipinski definition) is 5. The van der Waals surface area contributed by atoms with Gasteiger partial charge in [-0.05, 0) is 19.8 Å². The van der Waals surface area contributed by atoms with Crippen LogP contribution in [0.15, 0.2) is 0 Å². The highest BCUT2D eigenvalue weighted by Gasteiger charge is 2.29. The van der Waals surface area contributed by atoms with Crippen molar-refractivity contribution in [1.29, 1.82) is 0 Å². The number of thiazole rings is 1. The average Bonchev–Trinajstić information content (AvgIpc) is 2.71. The normalized spacial score (nSPS) is 19.6. The maximum Gasteiger partial charge on any atom is 0.185 e. The molecule has 2 heterocycles. The Morgan fingerprint density at radius 1 is 1.44 bits per heavy atom. The Balaban J connectivity index is 2.23. The molecule has 1 aromatic rings. The van der Waals surface area contributed by atoms with Gasteiger partial charge in [0, 0.05) is 35.0 Å². The summed E-state index contributed by atoms with van der Waals surface area (Å²) in [6, 6.07) is 0. The van der Waals surface area contributed by atoms with Gasteiger partial charge in [-0.15, -0.1) is 11.3 Å². The highest BCUT2D eigenvalue weighted by Crippen LogP contribution is 2.36. The smallest absolute Gasteiger partial charge is 0.185 e. The maximum atomic E-state index is 5.83. The summed E-state index contributed by atoms with van der Waals surface area (Å²) in [7, 11) is 0. The van der Waals surface area contributed by atoms with Crippen LogP contribution in [0.1, 0.15) is 44.2 Å². The largest absolute Gasteiger partial charge is 0.346 e. The number of thioether (sulfide) groups is 1. The minimum atomic E-state index is 0.324. The first-order chi connectivity index (χ1) is 8.43. The first kappa shape index (κ1) is 14.2. The molecule has 0 amide bonds. The van der Waals surface area contributed by atoms with Crippen LogP contribution in [0.3, 0.4) is 0 Å². The molecule has 2 N–H and O–H groups in total. The number of nitrogens with zero attached hydrogens (tertiary/aromatic N) is 2. The first-order valence-electron chi connectivity index (χ1n) is 6.51. The van der Waals surface area contributed by atoms with Crippen molar-refractivity contribution in [2.24, 2.45) is 5.73 Å². The Morgan fingerprint density at radius 2 is 2.17 bits per heavy atom. The summed E-state index contributed by atoms with van der Waals surface area (Å²) in [5.41, 5.74) is 7.02. The number of nitrogens with two attached hydrogens (primary N) is 1. The predicted molar refractivity (Wildman–Crippen MR) is 82.8 cm³/mol. The van der Waals surface area contributed by atoms with Gasteiger partial charge in [0.1, 0.15) is 0 Å². The zero-order chi connectivity index (χ0) is 13.3. The van der Waals surface area contributed by atoms with Crippen molar-refractivity contribution in [3.8, 4) is 0 Å². The van der Waals surface area contributed by atoms with E-state index in [-0.39, 0.29) is 0 Å². The predicted octanol–water partition coefficient (Wildman–Crippen LogP) is 3.06. The molecule has 0 unspecified atom stereocenters. The van der Waals surface area contributed by atoms with Crippen LogP contribution < -0.4 is 10.6 Å². The van der Waals surface area contributed by atoms with Gasteiger partial charge in [-0.25, -0.2) is 4.98 Å². The van der Waals surface area contributed by atoms with Crippen LogP contribution in [0.5, 0.6) is 0 Å². The molecule has 0 saturated carbocycles. The van der Waals surface area contributed by atoms with Crippen molar-refractivity contribution in [3.63, 3.8) is 0 Å². The van der Waals surface area contributed by atoms with Gasteiger partial charge in [0.15, 0.2) is 5.13 Å². The van der Waals surface area contributed by atoms with E-state index in [0.717, 1.165) is 18.2 Å². The van der Waals surface area contributed by atoms with E-state index in [4.69, 9.17) is 10.7 Å². The molecule has 0 atom stereocenters. The molecule has 0 radical (unpaired) electrons. The maximum absolute atomic E-state index is 5.83. The Kier molecular flexibility index (Phi) is 4.24. The number of hydrogen-bond donors (Lipinski definition) is 1. The van der Waals surface area contributed by atoms with Crippen molar-refractivity contribution in [2.45, 2.75) is 44.9 Å². The van der Waals surface area contributed by atoms with Crippen LogP contribution in [-0.4, -0.2) is 28.6 Å². The monoisotopic (exact) mass is 285 g/mol. The van der Waals surface area contributed by atoms with Crippen LogP contribution in [0.4, 0.5) is 5.13 Å². The van der Waals surface area contributed by atoms with Crippen LogP contribution in [0.25, 0.3) is 0 Å². The minimum absolute atomic E-state index is 0.324.